The van der Waals surface area contributed by atoms with Gasteiger partial charge in [-0.05, 0) is 5.41 Å². The average Bonchev–Trinajstić information content (AvgIpc) is 3.32. The van der Waals surface area contributed by atoms with Gasteiger partial charge in [0.05, 0.1) is 67.4 Å². The normalized spacial score (nSPS) is 19.8. The van der Waals surface area contributed by atoms with Gasteiger partial charge in [-0.25, -0.2) is 0 Å². The van der Waals surface area contributed by atoms with E-state index in [1.165, 1.54) is 32.7 Å². The summed E-state index contributed by atoms with van der Waals surface area (Å²) in [4.78, 5) is 0. The lowest BCUT2D eigenvalue weighted by Gasteiger charge is -2.08. The fourth-order valence-electron chi connectivity index (χ4n) is 2.00. The first-order chi connectivity index (χ1) is 13.4. The fraction of sp³-hybridized carbons (Fsp3) is 0.625. The molecule has 0 aromatic heterocycles. The maximum atomic E-state index is 8.58. The molecule has 3 aliphatic rings. The van der Waals surface area contributed by atoms with Crippen LogP contribution in [0.25, 0.3) is 0 Å². The van der Waals surface area contributed by atoms with E-state index in [1.54, 1.807) is 0 Å². The van der Waals surface area contributed by atoms with Crippen LogP contribution in [0.5, 0.6) is 0 Å². The van der Waals surface area contributed by atoms with Crippen LogP contribution in [0, 0.1) is 0 Å². The molecule has 0 bridgehead atoms. The van der Waals surface area contributed by atoms with Crippen LogP contribution in [0.3, 0.4) is 0 Å². The lowest BCUT2D eigenvalue weighted by molar-refractivity contribution is 0.0100. The average molecular weight is 503 g/mol. The van der Waals surface area contributed by atoms with E-state index in [2.05, 4.69) is 5.41 Å². The summed E-state index contributed by atoms with van der Waals surface area (Å²) in [7, 11) is 0. The predicted octanol–water partition coefficient (Wildman–Crippen LogP) is 5.25. The van der Waals surface area contributed by atoms with Crippen molar-refractivity contribution in [3.63, 3.8) is 0 Å². The molecule has 27 heavy (non-hydrogen) atoms. The van der Waals surface area contributed by atoms with Crippen molar-refractivity contribution in [3.8, 4) is 0 Å². The van der Waals surface area contributed by atoms with Crippen molar-refractivity contribution in [2.75, 3.05) is 63.5 Å². The Hall–Kier alpha value is 1.51. The van der Waals surface area contributed by atoms with Crippen molar-refractivity contribution in [1.82, 2.24) is 0 Å². The van der Waals surface area contributed by atoms with Gasteiger partial charge in [0.2, 0.25) is 0 Å². The number of ether oxygens (including phenoxy) is 3. The summed E-state index contributed by atoms with van der Waals surface area (Å²) >= 11 is 13.6. The lowest BCUT2D eigenvalue weighted by atomic mass is 10.7. The molecule has 0 saturated heterocycles. The van der Waals surface area contributed by atoms with Gasteiger partial charge in [-0.2, -0.15) is 0 Å². The molecule has 0 aromatic rings. The smallest absolute Gasteiger partial charge is 0.0717 e. The maximum absolute atomic E-state index is 8.58. The second-order valence-electron chi connectivity index (χ2n) is 5.12. The third-order valence-electron chi connectivity index (χ3n) is 3.16. The minimum atomic E-state index is 0.0569. The van der Waals surface area contributed by atoms with E-state index in [0.29, 0.717) is 33.0 Å². The number of thioether (sulfide) groups is 7. The molecule has 3 rings (SSSR count). The van der Waals surface area contributed by atoms with Crippen LogP contribution in [0.1, 0.15) is 0 Å². The molecule has 0 saturated carbocycles. The van der Waals surface area contributed by atoms with E-state index in [0.717, 1.165) is 12.4 Å². The molecule has 0 fully saturated rings. The Kier molecular flexibility index (Phi) is 11.8. The van der Waals surface area contributed by atoms with Gasteiger partial charge >= 0.3 is 0 Å². The van der Waals surface area contributed by atoms with Gasteiger partial charge < -0.3 is 19.3 Å². The van der Waals surface area contributed by atoms with Gasteiger partial charge in [0, 0.05) is 17.3 Å². The molecule has 0 aromatic carbocycles. The van der Waals surface area contributed by atoms with Crippen LogP contribution in [-0.4, -0.2) is 68.6 Å². The zero-order valence-corrected chi connectivity index (χ0v) is 20.4. The molecule has 0 atom stereocenters. The Labute approximate surface area is 190 Å². The molecule has 0 radical (unpaired) electrons. The number of aliphatic hydroxyl groups is 1. The molecule has 0 amide bonds. The van der Waals surface area contributed by atoms with Gasteiger partial charge in [0.15, 0.2) is 0 Å². The van der Waals surface area contributed by atoms with E-state index in [9.17, 15) is 0 Å². The van der Waals surface area contributed by atoms with E-state index in [4.69, 9.17) is 19.3 Å². The Balaban J connectivity index is 1.21. The van der Waals surface area contributed by atoms with E-state index < -0.39 is 0 Å². The van der Waals surface area contributed by atoms with E-state index in [-0.39, 0.29) is 6.61 Å². The Morgan fingerprint density at radius 3 is 2.07 bits per heavy atom. The van der Waals surface area contributed by atoms with Crippen LogP contribution in [0.4, 0.5) is 0 Å². The zero-order chi connectivity index (χ0) is 18.7. The predicted molar refractivity (Wildman–Crippen MR) is 129 cm³/mol. The molecular formula is C16H22O4S7. The van der Waals surface area contributed by atoms with Crippen LogP contribution < -0.4 is 0 Å². The van der Waals surface area contributed by atoms with Crippen molar-refractivity contribution < 1.29 is 19.3 Å². The molecule has 1 N–H and O–H groups in total. The summed E-state index contributed by atoms with van der Waals surface area (Å²) < 4.78 is 23.4. The quantitative estimate of drug-likeness (QED) is 0.356. The number of rotatable bonds is 12. The molecule has 4 nitrogen and oxygen atoms in total. The first-order valence-electron chi connectivity index (χ1n) is 8.48. The van der Waals surface area contributed by atoms with E-state index >= 15 is 0 Å². The lowest BCUT2D eigenvalue weighted by Crippen LogP contribution is -2.11. The molecule has 3 aliphatic heterocycles. The number of aliphatic hydroxyl groups excluding tert-OH is 1. The second kappa shape index (κ2) is 13.7. The van der Waals surface area contributed by atoms with Crippen LogP contribution in [0.15, 0.2) is 26.6 Å². The first-order valence-corrected chi connectivity index (χ1v) is 14.8. The standard InChI is InChI=1S/C16H22O4S7/c17-1-2-18-3-4-19-5-6-20-7-8-21-12-11-24-15(25-12)16-26-13-14(27-16)23-10-9-22-13/h11,17H,1-10H2. The summed E-state index contributed by atoms with van der Waals surface area (Å²) in [6.45, 7) is 3.41. The molecule has 0 aliphatic carbocycles. The molecule has 11 heteroatoms. The summed E-state index contributed by atoms with van der Waals surface area (Å²) in [5.41, 5.74) is 0. The number of hydrogen-bond donors (Lipinski definition) is 1. The van der Waals surface area contributed by atoms with Gasteiger partial charge in [0.1, 0.15) is 0 Å². The topological polar surface area (TPSA) is 47.9 Å². The van der Waals surface area contributed by atoms with Crippen molar-refractivity contribution in [3.05, 3.63) is 26.6 Å². The highest BCUT2D eigenvalue weighted by Gasteiger charge is 2.29. The maximum Gasteiger partial charge on any atom is 0.0717 e. The van der Waals surface area contributed by atoms with Crippen molar-refractivity contribution >= 4 is 82.3 Å². The zero-order valence-electron chi connectivity index (χ0n) is 14.7. The van der Waals surface area contributed by atoms with Gasteiger partial charge in [-0.3, -0.25) is 0 Å². The summed E-state index contributed by atoms with van der Waals surface area (Å²) in [5, 5.41) is 10.8. The summed E-state index contributed by atoms with van der Waals surface area (Å²) in [6.07, 6.45) is 0. The van der Waals surface area contributed by atoms with Crippen molar-refractivity contribution in [1.29, 1.82) is 0 Å². The Morgan fingerprint density at radius 2 is 1.41 bits per heavy atom. The third kappa shape index (κ3) is 8.28. The van der Waals surface area contributed by atoms with Gasteiger partial charge in [-0.15, -0.1) is 35.3 Å². The van der Waals surface area contributed by atoms with Crippen LogP contribution in [-0.2, 0) is 14.2 Å². The Bertz CT molecular complexity index is 559. The third-order valence-corrected chi connectivity index (χ3v) is 13.2. The molecule has 0 unspecified atom stereocenters. The fourth-order valence-corrected chi connectivity index (χ4v) is 11.9. The Morgan fingerprint density at radius 1 is 0.778 bits per heavy atom. The second-order valence-corrected chi connectivity index (χ2v) is 13.7. The monoisotopic (exact) mass is 502 g/mol. The largest absolute Gasteiger partial charge is 0.394 e. The van der Waals surface area contributed by atoms with Crippen LogP contribution >= 0.6 is 82.3 Å². The molecular weight excluding hydrogens is 481 g/mol. The minimum absolute atomic E-state index is 0.0569. The van der Waals surface area contributed by atoms with Crippen molar-refractivity contribution in [2.45, 2.75) is 0 Å². The van der Waals surface area contributed by atoms with Gasteiger partial charge in [0.25, 0.3) is 0 Å². The highest BCUT2D eigenvalue weighted by Crippen LogP contribution is 2.64. The summed E-state index contributed by atoms with van der Waals surface area (Å²) in [5.74, 6) is 3.44. The first kappa shape index (κ1) is 23.2. The van der Waals surface area contributed by atoms with Crippen LogP contribution in [0.2, 0.25) is 0 Å². The summed E-state index contributed by atoms with van der Waals surface area (Å²) in [6, 6.07) is 0. The SMILES string of the molecule is OCCOCCOCCOCCSC1=CSC(=C2SC3=C(SCCS3)S2)S1. The highest BCUT2D eigenvalue weighted by atomic mass is 32.3. The molecule has 3 heterocycles. The van der Waals surface area contributed by atoms with Gasteiger partial charge in [-0.1, -0.05) is 47.0 Å². The number of hydrogen-bond acceptors (Lipinski definition) is 11. The molecule has 0 spiro atoms. The highest BCUT2D eigenvalue weighted by molar-refractivity contribution is 8.43. The van der Waals surface area contributed by atoms with Crippen molar-refractivity contribution in [2.24, 2.45) is 0 Å². The molecule has 152 valence electrons. The van der Waals surface area contributed by atoms with E-state index in [1.807, 2.05) is 82.3 Å². The minimum Gasteiger partial charge on any atom is -0.394 e.